The van der Waals surface area contributed by atoms with Crippen molar-refractivity contribution in [3.8, 4) is 5.75 Å². The van der Waals surface area contributed by atoms with Crippen molar-refractivity contribution in [2.24, 2.45) is 0 Å². The zero-order chi connectivity index (χ0) is 11.8. The summed E-state index contributed by atoms with van der Waals surface area (Å²) < 4.78 is 5.60. The molecule has 1 rings (SSSR count). The van der Waals surface area contributed by atoms with Crippen LogP contribution in [-0.2, 0) is 6.42 Å². The molecule has 1 heteroatoms. The van der Waals surface area contributed by atoms with Crippen LogP contribution in [0.15, 0.2) is 24.3 Å². The number of rotatable bonds is 7. The maximum atomic E-state index is 5.60. The zero-order valence-corrected chi connectivity index (χ0v) is 10.4. The number of hydrogen-bond donors (Lipinski definition) is 0. The quantitative estimate of drug-likeness (QED) is 0.620. The minimum atomic E-state index is 0.246. The van der Waals surface area contributed by atoms with Gasteiger partial charge < -0.3 is 4.74 Å². The first-order chi connectivity index (χ1) is 7.72. The Balaban J connectivity index is 2.33. The lowest BCUT2D eigenvalue weighted by molar-refractivity contribution is 0.242. The normalized spacial score (nSPS) is 10.8. The van der Waals surface area contributed by atoms with Crippen molar-refractivity contribution in [1.29, 1.82) is 0 Å². The Hall–Kier alpha value is -0.980. The van der Waals surface area contributed by atoms with E-state index in [2.05, 4.69) is 24.3 Å². The average Bonchev–Trinajstić information content (AvgIpc) is 2.26. The molecule has 2 radical (unpaired) electrons. The molecule has 0 fully saturated rings. The molecule has 0 aliphatic heterocycles. The van der Waals surface area contributed by atoms with Crippen molar-refractivity contribution >= 4 is 0 Å². The molecule has 1 aromatic rings. The SMILES string of the molecule is [CH]CCCCCc1ccc(OC(C)C)cc1. The van der Waals surface area contributed by atoms with Gasteiger partial charge in [0.1, 0.15) is 5.75 Å². The maximum absolute atomic E-state index is 5.60. The van der Waals surface area contributed by atoms with E-state index in [1.54, 1.807) is 0 Å². The van der Waals surface area contributed by atoms with Gasteiger partial charge in [-0.25, -0.2) is 0 Å². The lowest BCUT2D eigenvalue weighted by Crippen LogP contribution is -2.05. The Morgan fingerprint density at radius 3 is 2.31 bits per heavy atom. The van der Waals surface area contributed by atoms with Crippen LogP contribution in [0, 0.1) is 6.92 Å². The molecule has 0 saturated heterocycles. The minimum Gasteiger partial charge on any atom is -0.491 e. The van der Waals surface area contributed by atoms with Gasteiger partial charge in [0.05, 0.1) is 6.10 Å². The van der Waals surface area contributed by atoms with Crippen LogP contribution in [0.25, 0.3) is 0 Å². The van der Waals surface area contributed by atoms with E-state index in [9.17, 15) is 0 Å². The Labute approximate surface area is 99.8 Å². The number of benzene rings is 1. The van der Waals surface area contributed by atoms with Gasteiger partial charge in [-0.15, -0.1) is 0 Å². The van der Waals surface area contributed by atoms with Gasteiger partial charge in [0, 0.05) is 0 Å². The first-order valence-corrected chi connectivity index (χ1v) is 6.18. The van der Waals surface area contributed by atoms with Crippen molar-refractivity contribution in [3.05, 3.63) is 36.8 Å². The molecule has 0 heterocycles. The standard InChI is InChI=1S/C15H22O/c1-4-5-6-7-8-14-9-11-15(12-10-14)16-13(2)3/h1,9-13H,4-8H2,2-3H3. The third kappa shape index (κ3) is 5.20. The van der Waals surface area contributed by atoms with E-state index in [0.717, 1.165) is 25.0 Å². The fourth-order valence-electron chi connectivity index (χ4n) is 1.66. The van der Waals surface area contributed by atoms with Crippen molar-refractivity contribution < 1.29 is 4.74 Å². The predicted molar refractivity (Wildman–Crippen MR) is 68.7 cm³/mol. The molecular weight excluding hydrogens is 196 g/mol. The van der Waals surface area contributed by atoms with Crippen LogP contribution >= 0.6 is 0 Å². The Kier molecular flexibility index (Phi) is 5.99. The molecule has 0 atom stereocenters. The first-order valence-electron chi connectivity index (χ1n) is 6.18. The van der Waals surface area contributed by atoms with Crippen LogP contribution in [-0.4, -0.2) is 6.10 Å². The van der Waals surface area contributed by atoms with E-state index in [-0.39, 0.29) is 6.10 Å². The monoisotopic (exact) mass is 218 g/mol. The van der Waals surface area contributed by atoms with Crippen LogP contribution in [0.5, 0.6) is 5.75 Å². The van der Waals surface area contributed by atoms with Gasteiger partial charge >= 0.3 is 0 Å². The summed E-state index contributed by atoms with van der Waals surface area (Å²) >= 11 is 0. The second-order valence-corrected chi connectivity index (χ2v) is 4.41. The number of aryl methyl sites for hydroxylation is 1. The highest BCUT2D eigenvalue weighted by Gasteiger charge is 1.98. The number of unbranched alkanes of at least 4 members (excludes halogenated alkanes) is 3. The molecule has 1 aromatic carbocycles. The summed E-state index contributed by atoms with van der Waals surface area (Å²) in [5.74, 6) is 0.959. The van der Waals surface area contributed by atoms with Gasteiger partial charge in [0.25, 0.3) is 0 Å². The van der Waals surface area contributed by atoms with Crippen molar-refractivity contribution in [2.75, 3.05) is 0 Å². The van der Waals surface area contributed by atoms with Crippen LogP contribution in [0.1, 0.15) is 45.1 Å². The topological polar surface area (TPSA) is 9.23 Å². The van der Waals surface area contributed by atoms with E-state index in [0.29, 0.717) is 0 Å². The van der Waals surface area contributed by atoms with Crippen molar-refractivity contribution in [2.45, 2.75) is 52.1 Å². The molecule has 0 N–H and O–H groups in total. The van der Waals surface area contributed by atoms with Crippen LogP contribution < -0.4 is 4.74 Å². The fourth-order valence-corrected chi connectivity index (χ4v) is 1.66. The Morgan fingerprint density at radius 2 is 1.75 bits per heavy atom. The second-order valence-electron chi connectivity index (χ2n) is 4.41. The highest BCUT2D eigenvalue weighted by molar-refractivity contribution is 5.27. The van der Waals surface area contributed by atoms with Crippen molar-refractivity contribution in [3.63, 3.8) is 0 Å². The van der Waals surface area contributed by atoms with E-state index in [4.69, 9.17) is 11.7 Å². The third-order valence-electron chi connectivity index (χ3n) is 2.46. The molecule has 0 saturated carbocycles. The minimum absolute atomic E-state index is 0.246. The predicted octanol–water partition coefficient (Wildman–Crippen LogP) is 4.29. The molecule has 0 unspecified atom stereocenters. The lowest BCUT2D eigenvalue weighted by Gasteiger charge is -2.10. The highest BCUT2D eigenvalue weighted by Crippen LogP contribution is 2.15. The molecule has 88 valence electrons. The summed E-state index contributed by atoms with van der Waals surface area (Å²) in [6, 6.07) is 8.41. The molecule has 0 amide bonds. The molecular formula is C15H22O. The zero-order valence-electron chi connectivity index (χ0n) is 10.4. The number of ether oxygens (including phenoxy) is 1. The highest BCUT2D eigenvalue weighted by atomic mass is 16.5. The summed E-state index contributed by atoms with van der Waals surface area (Å²) in [4.78, 5) is 0. The average molecular weight is 218 g/mol. The van der Waals surface area contributed by atoms with Gasteiger partial charge in [-0.3, -0.25) is 0 Å². The summed E-state index contributed by atoms with van der Waals surface area (Å²) in [5.41, 5.74) is 1.38. The molecule has 0 aromatic heterocycles. The first kappa shape index (κ1) is 13.1. The van der Waals surface area contributed by atoms with Gasteiger partial charge in [-0.05, 0) is 57.7 Å². The Morgan fingerprint density at radius 1 is 1.06 bits per heavy atom. The van der Waals surface area contributed by atoms with E-state index >= 15 is 0 Å². The summed E-state index contributed by atoms with van der Waals surface area (Å²) in [6.45, 7) is 9.54. The molecule has 0 aliphatic rings. The molecule has 0 spiro atoms. The van der Waals surface area contributed by atoms with E-state index < -0.39 is 0 Å². The maximum Gasteiger partial charge on any atom is 0.119 e. The van der Waals surface area contributed by atoms with Gasteiger partial charge in [-0.2, -0.15) is 0 Å². The summed E-state index contributed by atoms with van der Waals surface area (Å²) in [6.07, 6.45) is 5.77. The Bertz CT molecular complexity index is 274. The molecule has 1 nitrogen and oxygen atoms in total. The van der Waals surface area contributed by atoms with Gasteiger partial charge in [-0.1, -0.05) is 25.0 Å². The van der Waals surface area contributed by atoms with E-state index in [1.165, 1.54) is 18.4 Å². The molecule has 16 heavy (non-hydrogen) atoms. The van der Waals surface area contributed by atoms with Gasteiger partial charge in [0.2, 0.25) is 0 Å². The third-order valence-corrected chi connectivity index (χ3v) is 2.46. The largest absolute Gasteiger partial charge is 0.491 e. The summed E-state index contributed by atoms with van der Waals surface area (Å²) in [5, 5.41) is 0. The van der Waals surface area contributed by atoms with Crippen LogP contribution in [0.4, 0.5) is 0 Å². The number of hydrogen-bond acceptors (Lipinski definition) is 1. The summed E-state index contributed by atoms with van der Waals surface area (Å²) in [7, 11) is 0. The van der Waals surface area contributed by atoms with Crippen molar-refractivity contribution in [1.82, 2.24) is 0 Å². The molecule has 0 aliphatic carbocycles. The van der Waals surface area contributed by atoms with Gasteiger partial charge in [0.15, 0.2) is 0 Å². The molecule has 0 bridgehead atoms. The van der Waals surface area contributed by atoms with Crippen LogP contribution in [0.3, 0.4) is 0 Å². The fraction of sp³-hybridized carbons (Fsp3) is 0.533. The van der Waals surface area contributed by atoms with Crippen LogP contribution in [0.2, 0.25) is 0 Å². The van der Waals surface area contributed by atoms with E-state index in [1.807, 2.05) is 13.8 Å². The lowest BCUT2D eigenvalue weighted by atomic mass is 10.1. The smallest absolute Gasteiger partial charge is 0.119 e. The second kappa shape index (κ2) is 7.32.